The van der Waals surface area contributed by atoms with Crippen LogP contribution in [-0.4, -0.2) is 58.3 Å². The van der Waals surface area contributed by atoms with Crippen molar-refractivity contribution in [2.45, 2.75) is 64.3 Å². The second-order valence-corrected chi connectivity index (χ2v) is 8.40. The van der Waals surface area contributed by atoms with Crippen molar-refractivity contribution in [2.75, 3.05) is 32.0 Å². The minimum Gasteiger partial charge on any atom is -0.373 e. The minimum absolute atomic E-state index is 0.0881. The number of amides is 2. The molecule has 0 unspecified atom stereocenters. The molecule has 1 aliphatic carbocycles. The molecule has 1 saturated carbocycles. The highest BCUT2D eigenvalue weighted by molar-refractivity contribution is 5.79. The zero-order valence-electron chi connectivity index (χ0n) is 17.0. The fourth-order valence-corrected chi connectivity index (χ4v) is 4.91. The number of rotatable bonds is 3. The predicted molar refractivity (Wildman–Crippen MR) is 107 cm³/mol. The molecular weight excluding hydrogens is 354 g/mol. The number of piperidine rings is 1. The van der Waals surface area contributed by atoms with E-state index in [-0.39, 0.29) is 17.7 Å². The topological polar surface area (TPSA) is 78.4 Å². The molecule has 28 heavy (non-hydrogen) atoms. The molecule has 3 heterocycles. The van der Waals surface area contributed by atoms with E-state index in [0.717, 1.165) is 68.1 Å². The van der Waals surface area contributed by atoms with Crippen LogP contribution in [-0.2, 0) is 22.6 Å². The highest BCUT2D eigenvalue weighted by atomic mass is 16.2. The average Bonchev–Trinajstić information content (AvgIpc) is 3.26. The van der Waals surface area contributed by atoms with Gasteiger partial charge in [-0.1, -0.05) is 12.8 Å². The number of nitrogens with one attached hydrogen (secondary N) is 1. The maximum atomic E-state index is 12.9. The van der Waals surface area contributed by atoms with E-state index in [1.165, 1.54) is 12.8 Å². The van der Waals surface area contributed by atoms with Crippen LogP contribution < -0.4 is 5.32 Å². The smallest absolute Gasteiger partial charge is 0.225 e. The summed E-state index contributed by atoms with van der Waals surface area (Å²) in [5.41, 5.74) is 2.08. The highest BCUT2D eigenvalue weighted by Gasteiger charge is 2.33. The van der Waals surface area contributed by atoms with Gasteiger partial charge in [0.25, 0.3) is 0 Å². The molecule has 4 rings (SSSR count). The van der Waals surface area contributed by atoms with E-state index in [4.69, 9.17) is 9.97 Å². The maximum Gasteiger partial charge on any atom is 0.225 e. The number of aromatic nitrogens is 2. The normalized spacial score (nSPS) is 22.9. The summed E-state index contributed by atoms with van der Waals surface area (Å²) in [7, 11) is 1.87. The first-order valence-corrected chi connectivity index (χ1v) is 10.7. The van der Waals surface area contributed by atoms with Crippen LogP contribution >= 0.6 is 0 Å². The Morgan fingerprint density at radius 3 is 2.54 bits per heavy atom. The van der Waals surface area contributed by atoms with Crippen LogP contribution in [0.15, 0.2) is 0 Å². The number of carbonyl (C=O) groups is 2. The molecule has 152 valence electrons. The summed E-state index contributed by atoms with van der Waals surface area (Å²) in [5.74, 6) is 2.53. The van der Waals surface area contributed by atoms with Crippen molar-refractivity contribution < 1.29 is 9.59 Å². The number of hydrogen-bond acceptors (Lipinski definition) is 5. The first-order valence-electron chi connectivity index (χ1n) is 10.7. The zero-order chi connectivity index (χ0) is 19.7. The van der Waals surface area contributed by atoms with Crippen molar-refractivity contribution in [1.82, 2.24) is 19.8 Å². The number of fused-ring (bicyclic) bond motifs is 1. The van der Waals surface area contributed by atoms with Crippen molar-refractivity contribution in [1.29, 1.82) is 0 Å². The van der Waals surface area contributed by atoms with E-state index in [2.05, 4.69) is 10.2 Å². The SMILES string of the molecule is CNc1nc([C@H]2CCCN(C(=O)C3CCCC3)C2)nc2c1CN(C(C)=O)CC2. The molecule has 0 aromatic carbocycles. The largest absolute Gasteiger partial charge is 0.373 e. The molecule has 2 fully saturated rings. The summed E-state index contributed by atoms with van der Waals surface area (Å²) in [4.78, 5) is 38.2. The number of carbonyl (C=O) groups excluding carboxylic acids is 2. The van der Waals surface area contributed by atoms with E-state index in [9.17, 15) is 9.59 Å². The fourth-order valence-electron chi connectivity index (χ4n) is 4.91. The summed E-state index contributed by atoms with van der Waals surface area (Å²) < 4.78 is 0. The lowest BCUT2D eigenvalue weighted by molar-refractivity contribution is -0.136. The fraction of sp³-hybridized carbons (Fsp3) is 0.714. The number of hydrogen-bond donors (Lipinski definition) is 1. The van der Waals surface area contributed by atoms with Crippen LogP contribution in [0.3, 0.4) is 0 Å². The maximum absolute atomic E-state index is 12.9. The first kappa shape index (κ1) is 19.2. The Morgan fingerprint density at radius 1 is 1.04 bits per heavy atom. The molecule has 7 heteroatoms. The molecular formula is C21H31N5O2. The third-order valence-electron chi connectivity index (χ3n) is 6.56. The zero-order valence-corrected chi connectivity index (χ0v) is 17.0. The first-order chi connectivity index (χ1) is 13.6. The van der Waals surface area contributed by atoms with Crippen molar-refractivity contribution in [3.05, 3.63) is 17.1 Å². The van der Waals surface area contributed by atoms with Gasteiger partial charge in [-0.15, -0.1) is 0 Å². The summed E-state index contributed by atoms with van der Waals surface area (Å²) in [6.07, 6.45) is 7.26. The van der Waals surface area contributed by atoms with Gasteiger partial charge in [0.2, 0.25) is 11.8 Å². The summed E-state index contributed by atoms with van der Waals surface area (Å²) in [6, 6.07) is 0. The number of nitrogens with zero attached hydrogens (tertiary/aromatic N) is 4. The van der Waals surface area contributed by atoms with Crippen LogP contribution in [0.2, 0.25) is 0 Å². The van der Waals surface area contributed by atoms with E-state index in [1.54, 1.807) is 6.92 Å². The lowest BCUT2D eigenvalue weighted by Gasteiger charge is -2.34. The van der Waals surface area contributed by atoms with E-state index in [1.807, 2.05) is 11.9 Å². The molecule has 1 saturated heterocycles. The number of likely N-dealkylation sites (tertiary alicyclic amines) is 1. The molecule has 0 radical (unpaired) electrons. The highest BCUT2D eigenvalue weighted by Crippen LogP contribution is 2.32. The third-order valence-corrected chi connectivity index (χ3v) is 6.56. The van der Waals surface area contributed by atoms with Gasteiger partial charge < -0.3 is 15.1 Å². The van der Waals surface area contributed by atoms with E-state index >= 15 is 0 Å². The Hall–Kier alpha value is -2.18. The van der Waals surface area contributed by atoms with Gasteiger partial charge in [0.15, 0.2) is 0 Å². The van der Waals surface area contributed by atoms with Crippen LogP contribution in [0.25, 0.3) is 0 Å². The lowest BCUT2D eigenvalue weighted by atomic mass is 9.94. The monoisotopic (exact) mass is 385 g/mol. The van der Waals surface area contributed by atoms with Gasteiger partial charge in [-0.05, 0) is 25.7 Å². The van der Waals surface area contributed by atoms with Gasteiger partial charge in [0, 0.05) is 57.4 Å². The van der Waals surface area contributed by atoms with Gasteiger partial charge in [-0.2, -0.15) is 0 Å². The van der Waals surface area contributed by atoms with Gasteiger partial charge in [0.05, 0.1) is 12.2 Å². The molecule has 2 aliphatic heterocycles. The van der Waals surface area contributed by atoms with E-state index < -0.39 is 0 Å². The molecule has 0 spiro atoms. The third kappa shape index (κ3) is 3.71. The molecule has 1 N–H and O–H groups in total. The summed E-state index contributed by atoms with van der Waals surface area (Å²) in [5, 5.41) is 3.20. The summed E-state index contributed by atoms with van der Waals surface area (Å²) in [6.45, 7) is 4.48. The Bertz CT molecular complexity index is 742. The predicted octanol–water partition coefficient (Wildman–Crippen LogP) is 2.32. The van der Waals surface area contributed by atoms with Crippen LogP contribution in [0, 0.1) is 5.92 Å². The minimum atomic E-state index is 0.0881. The van der Waals surface area contributed by atoms with Gasteiger partial charge >= 0.3 is 0 Å². The molecule has 1 aromatic rings. The molecule has 1 atom stereocenters. The summed E-state index contributed by atoms with van der Waals surface area (Å²) >= 11 is 0. The Labute approximate surface area is 166 Å². The Kier molecular flexibility index (Phi) is 5.51. The number of anilines is 1. The average molecular weight is 386 g/mol. The van der Waals surface area contributed by atoms with Crippen molar-refractivity contribution >= 4 is 17.6 Å². The molecule has 7 nitrogen and oxygen atoms in total. The second-order valence-electron chi connectivity index (χ2n) is 8.40. The Balaban J connectivity index is 1.54. The second kappa shape index (κ2) is 8.05. The van der Waals surface area contributed by atoms with Crippen LogP contribution in [0.4, 0.5) is 5.82 Å². The van der Waals surface area contributed by atoms with E-state index in [0.29, 0.717) is 19.0 Å². The lowest BCUT2D eigenvalue weighted by Crippen LogP contribution is -2.42. The van der Waals surface area contributed by atoms with Crippen molar-refractivity contribution in [3.63, 3.8) is 0 Å². The van der Waals surface area contributed by atoms with Gasteiger partial charge in [-0.3, -0.25) is 9.59 Å². The van der Waals surface area contributed by atoms with Crippen LogP contribution in [0.5, 0.6) is 0 Å². The van der Waals surface area contributed by atoms with Crippen LogP contribution in [0.1, 0.15) is 68.4 Å². The molecule has 2 amide bonds. The Morgan fingerprint density at radius 2 is 1.82 bits per heavy atom. The molecule has 0 bridgehead atoms. The van der Waals surface area contributed by atoms with Crippen molar-refractivity contribution in [2.24, 2.45) is 5.92 Å². The molecule has 3 aliphatic rings. The van der Waals surface area contributed by atoms with Gasteiger partial charge in [-0.25, -0.2) is 9.97 Å². The van der Waals surface area contributed by atoms with Crippen molar-refractivity contribution in [3.8, 4) is 0 Å². The molecule has 1 aromatic heterocycles. The standard InChI is InChI=1S/C21H31N5O2/c1-14(27)25-11-9-18-17(13-25)20(22-2)24-19(23-18)16-8-5-10-26(12-16)21(28)15-6-3-4-7-15/h15-16H,3-13H2,1-2H3,(H,22,23,24)/t16-/m0/s1. The quantitative estimate of drug-likeness (QED) is 0.864. The van der Waals surface area contributed by atoms with Gasteiger partial charge in [0.1, 0.15) is 11.6 Å².